The Bertz CT molecular complexity index is 389. The standard InChI is InChI=1S/C12H12ClNO/c13-10-4-2-9(3-5-10)11(15)12(8-14)6-1-7-12/h2-5,11,15H,1,6-7H2. The van der Waals surface area contributed by atoms with Crippen LogP contribution in [0.4, 0.5) is 0 Å². The summed E-state index contributed by atoms with van der Waals surface area (Å²) in [4.78, 5) is 0. The number of nitriles is 1. The van der Waals surface area contributed by atoms with Gasteiger partial charge in [-0.3, -0.25) is 0 Å². The van der Waals surface area contributed by atoms with E-state index in [1.165, 1.54) is 0 Å². The first kappa shape index (κ1) is 10.5. The summed E-state index contributed by atoms with van der Waals surface area (Å²) in [5.74, 6) is 0. The Hall–Kier alpha value is -1.04. The molecule has 3 heteroatoms. The van der Waals surface area contributed by atoms with E-state index in [4.69, 9.17) is 16.9 Å². The van der Waals surface area contributed by atoms with Crippen LogP contribution < -0.4 is 0 Å². The third-order valence-electron chi connectivity index (χ3n) is 3.18. The van der Waals surface area contributed by atoms with Gasteiger partial charge in [0.1, 0.15) is 0 Å². The molecule has 1 aliphatic carbocycles. The molecule has 2 nitrogen and oxygen atoms in total. The van der Waals surface area contributed by atoms with Crippen LogP contribution in [0.15, 0.2) is 24.3 Å². The van der Waals surface area contributed by atoms with E-state index in [0.29, 0.717) is 5.02 Å². The monoisotopic (exact) mass is 221 g/mol. The summed E-state index contributed by atoms with van der Waals surface area (Å²) in [7, 11) is 0. The molecule has 1 aliphatic rings. The van der Waals surface area contributed by atoms with E-state index in [2.05, 4.69) is 6.07 Å². The topological polar surface area (TPSA) is 44.0 Å². The zero-order valence-electron chi connectivity index (χ0n) is 8.28. The Morgan fingerprint density at radius 3 is 2.33 bits per heavy atom. The van der Waals surface area contributed by atoms with Gasteiger partial charge in [-0.1, -0.05) is 30.2 Å². The van der Waals surface area contributed by atoms with Crippen molar-refractivity contribution >= 4 is 11.6 Å². The quantitative estimate of drug-likeness (QED) is 0.834. The second-order valence-electron chi connectivity index (χ2n) is 4.08. The number of rotatable bonds is 2. The third kappa shape index (κ3) is 1.73. The summed E-state index contributed by atoms with van der Waals surface area (Å²) in [6.45, 7) is 0. The lowest BCUT2D eigenvalue weighted by Gasteiger charge is -2.39. The fourth-order valence-corrected chi connectivity index (χ4v) is 2.09. The molecule has 1 aromatic carbocycles. The number of hydrogen-bond acceptors (Lipinski definition) is 2. The zero-order chi connectivity index (χ0) is 10.9. The number of hydrogen-bond donors (Lipinski definition) is 1. The molecule has 1 unspecified atom stereocenters. The van der Waals surface area contributed by atoms with Gasteiger partial charge in [0.2, 0.25) is 0 Å². The molecule has 1 saturated carbocycles. The SMILES string of the molecule is N#CC1(C(O)c2ccc(Cl)cc2)CCC1. The Morgan fingerprint density at radius 2 is 1.93 bits per heavy atom. The van der Waals surface area contributed by atoms with E-state index < -0.39 is 11.5 Å². The van der Waals surface area contributed by atoms with Crippen molar-refractivity contribution in [3.05, 3.63) is 34.9 Å². The first-order valence-electron chi connectivity index (χ1n) is 5.03. The lowest BCUT2D eigenvalue weighted by Crippen LogP contribution is -2.34. The third-order valence-corrected chi connectivity index (χ3v) is 3.43. The Morgan fingerprint density at radius 1 is 1.33 bits per heavy atom. The molecule has 0 amide bonds. The summed E-state index contributed by atoms with van der Waals surface area (Å²) in [6.07, 6.45) is 1.91. The molecule has 1 atom stereocenters. The van der Waals surface area contributed by atoms with Crippen LogP contribution in [-0.4, -0.2) is 5.11 Å². The average Bonchev–Trinajstić information content (AvgIpc) is 2.18. The normalized spacial score (nSPS) is 20.1. The molecule has 2 rings (SSSR count). The molecule has 0 radical (unpaired) electrons. The highest BCUT2D eigenvalue weighted by molar-refractivity contribution is 6.30. The van der Waals surface area contributed by atoms with Crippen molar-refractivity contribution in [1.29, 1.82) is 5.26 Å². The molecule has 0 aromatic heterocycles. The maximum atomic E-state index is 10.1. The molecule has 0 bridgehead atoms. The van der Waals surface area contributed by atoms with Crippen molar-refractivity contribution in [1.82, 2.24) is 0 Å². The van der Waals surface area contributed by atoms with Crippen molar-refractivity contribution in [3.63, 3.8) is 0 Å². The van der Waals surface area contributed by atoms with Gasteiger partial charge in [-0.2, -0.15) is 5.26 Å². The summed E-state index contributed by atoms with van der Waals surface area (Å²) in [5.41, 5.74) is 0.217. The first-order chi connectivity index (χ1) is 7.18. The minimum absolute atomic E-state index is 0.562. The van der Waals surface area contributed by atoms with Crippen LogP contribution in [0.1, 0.15) is 30.9 Å². The molecule has 0 spiro atoms. The van der Waals surface area contributed by atoms with E-state index in [-0.39, 0.29) is 0 Å². The molecule has 78 valence electrons. The summed E-state index contributed by atoms with van der Waals surface area (Å²) >= 11 is 5.77. The molecule has 1 aromatic rings. The van der Waals surface area contributed by atoms with Crippen molar-refractivity contribution in [3.8, 4) is 6.07 Å². The smallest absolute Gasteiger partial charge is 0.0976 e. The fraction of sp³-hybridized carbons (Fsp3) is 0.417. The van der Waals surface area contributed by atoms with Crippen LogP contribution in [0.3, 0.4) is 0 Å². The number of nitrogens with zero attached hydrogens (tertiary/aromatic N) is 1. The number of halogens is 1. The Labute approximate surface area is 94.1 Å². The summed E-state index contributed by atoms with van der Waals surface area (Å²) in [5, 5.41) is 19.8. The highest BCUT2D eigenvalue weighted by Gasteiger charge is 2.44. The zero-order valence-corrected chi connectivity index (χ0v) is 9.04. The van der Waals surface area contributed by atoms with Gasteiger partial charge in [0.15, 0.2) is 0 Å². The largest absolute Gasteiger partial charge is 0.387 e. The number of benzene rings is 1. The maximum Gasteiger partial charge on any atom is 0.0976 e. The Balaban J connectivity index is 2.24. The van der Waals surface area contributed by atoms with Gasteiger partial charge in [-0.25, -0.2) is 0 Å². The van der Waals surface area contributed by atoms with Crippen molar-refractivity contribution in [2.45, 2.75) is 25.4 Å². The van der Waals surface area contributed by atoms with Crippen molar-refractivity contribution in [2.75, 3.05) is 0 Å². The minimum atomic E-state index is -0.687. The maximum absolute atomic E-state index is 10.1. The average molecular weight is 222 g/mol. The molecule has 0 saturated heterocycles. The van der Waals surface area contributed by atoms with Crippen LogP contribution in [0, 0.1) is 16.7 Å². The van der Waals surface area contributed by atoms with Gasteiger partial charge in [-0.05, 0) is 30.5 Å². The van der Waals surface area contributed by atoms with Gasteiger partial charge in [0.25, 0.3) is 0 Å². The van der Waals surface area contributed by atoms with E-state index >= 15 is 0 Å². The highest BCUT2D eigenvalue weighted by Crippen LogP contribution is 2.49. The van der Waals surface area contributed by atoms with Crippen molar-refractivity contribution < 1.29 is 5.11 Å². The molecular weight excluding hydrogens is 210 g/mol. The molecule has 1 fully saturated rings. The summed E-state index contributed by atoms with van der Waals surface area (Å²) in [6, 6.07) is 9.29. The minimum Gasteiger partial charge on any atom is -0.387 e. The van der Waals surface area contributed by atoms with E-state index in [1.807, 2.05) is 0 Å². The van der Waals surface area contributed by atoms with Gasteiger partial charge in [-0.15, -0.1) is 0 Å². The molecule has 0 heterocycles. The van der Waals surface area contributed by atoms with Crippen molar-refractivity contribution in [2.24, 2.45) is 5.41 Å². The number of aliphatic hydroxyl groups excluding tert-OH is 1. The van der Waals surface area contributed by atoms with Gasteiger partial charge in [0, 0.05) is 5.02 Å². The molecule has 0 aliphatic heterocycles. The predicted octanol–water partition coefficient (Wildman–Crippen LogP) is 3.07. The molecule has 1 N–H and O–H groups in total. The van der Waals surface area contributed by atoms with Gasteiger partial charge in [0.05, 0.1) is 17.6 Å². The molecular formula is C12H12ClNO. The Kier molecular flexibility index (Phi) is 2.68. The lowest BCUT2D eigenvalue weighted by atomic mass is 9.65. The van der Waals surface area contributed by atoms with Crippen LogP contribution in [-0.2, 0) is 0 Å². The molecule has 15 heavy (non-hydrogen) atoms. The lowest BCUT2D eigenvalue weighted by molar-refractivity contribution is 0.00795. The predicted molar refractivity (Wildman–Crippen MR) is 58.3 cm³/mol. The van der Waals surface area contributed by atoms with E-state index in [9.17, 15) is 5.11 Å². The van der Waals surface area contributed by atoms with Gasteiger partial charge < -0.3 is 5.11 Å². The van der Waals surface area contributed by atoms with Crippen LogP contribution in [0.25, 0.3) is 0 Å². The van der Waals surface area contributed by atoms with Crippen LogP contribution >= 0.6 is 11.6 Å². The van der Waals surface area contributed by atoms with Crippen LogP contribution in [0.2, 0.25) is 5.02 Å². The highest BCUT2D eigenvalue weighted by atomic mass is 35.5. The number of aliphatic hydroxyl groups is 1. The second-order valence-corrected chi connectivity index (χ2v) is 4.51. The van der Waals surface area contributed by atoms with Crippen LogP contribution in [0.5, 0.6) is 0 Å². The second kappa shape index (κ2) is 3.84. The summed E-state index contributed by atoms with van der Waals surface area (Å²) < 4.78 is 0. The first-order valence-corrected chi connectivity index (χ1v) is 5.40. The van der Waals surface area contributed by atoms with E-state index in [0.717, 1.165) is 24.8 Å². The fourth-order valence-electron chi connectivity index (χ4n) is 1.97. The van der Waals surface area contributed by atoms with Gasteiger partial charge >= 0.3 is 0 Å². The van der Waals surface area contributed by atoms with E-state index in [1.54, 1.807) is 24.3 Å².